The average Bonchev–Trinajstić information content (AvgIpc) is 3.26. The Morgan fingerprint density at radius 3 is 2.47 bits per heavy atom. The number of hydrogen-bond acceptors (Lipinski definition) is 5. The fraction of sp³-hybridized carbons (Fsp3) is 0.115. The molecule has 8 heteroatoms. The second-order valence-electron chi connectivity index (χ2n) is 7.64. The lowest BCUT2D eigenvalue weighted by molar-refractivity contribution is 0.104. The van der Waals surface area contributed by atoms with Crippen LogP contribution in [-0.4, -0.2) is 34.7 Å². The molecule has 0 aliphatic rings. The van der Waals surface area contributed by atoms with E-state index in [2.05, 4.69) is 9.71 Å². The van der Waals surface area contributed by atoms with Gasteiger partial charge in [-0.3, -0.25) is 19.2 Å². The largest absolute Gasteiger partial charge is 0.289 e. The zero-order chi connectivity index (χ0) is 24.0. The highest BCUT2D eigenvalue weighted by atomic mass is 32.2. The van der Waals surface area contributed by atoms with Crippen molar-refractivity contribution in [2.75, 3.05) is 10.5 Å². The van der Waals surface area contributed by atoms with Crippen molar-refractivity contribution in [3.63, 3.8) is 0 Å². The molecule has 2 heterocycles. The number of carbonyl (C=O) groups excluding carboxylic acids is 1. The number of nitrogens with one attached hydrogen (secondary N) is 1. The van der Waals surface area contributed by atoms with E-state index in [1.165, 1.54) is 6.08 Å². The molecule has 0 aliphatic carbocycles. The highest BCUT2D eigenvalue weighted by Crippen LogP contribution is 2.23. The Morgan fingerprint density at radius 2 is 1.79 bits per heavy atom. The van der Waals surface area contributed by atoms with E-state index in [4.69, 9.17) is 5.10 Å². The zero-order valence-electron chi connectivity index (χ0n) is 18.6. The molecule has 0 saturated carbocycles. The van der Waals surface area contributed by atoms with Crippen molar-refractivity contribution in [1.82, 2.24) is 14.8 Å². The minimum absolute atomic E-state index is 0.0202. The van der Waals surface area contributed by atoms with E-state index in [1.807, 2.05) is 53.3 Å². The van der Waals surface area contributed by atoms with Gasteiger partial charge < -0.3 is 0 Å². The van der Waals surface area contributed by atoms with Gasteiger partial charge in [0, 0.05) is 41.0 Å². The summed E-state index contributed by atoms with van der Waals surface area (Å²) in [5, 5.41) is 4.73. The molecule has 2 aromatic carbocycles. The molecule has 0 fully saturated rings. The number of aromatic nitrogens is 3. The number of hydrogen-bond donors (Lipinski definition) is 1. The lowest BCUT2D eigenvalue weighted by Crippen LogP contribution is -2.14. The van der Waals surface area contributed by atoms with E-state index >= 15 is 0 Å². The van der Waals surface area contributed by atoms with Gasteiger partial charge in [0.15, 0.2) is 5.78 Å². The van der Waals surface area contributed by atoms with Crippen molar-refractivity contribution in [2.45, 2.75) is 13.5 Å². The van der Waals surface area contributed by atoms with Crippen LogP contribution in [0.5, 0.6) is 0 Å². The molecule has 2 aromatic heterocycles. The molecule has 4 rings (SSSR count). The Bertz CT molecular complexity index is 1400. The summed E-state index contributed by atoms with van der Waals surface area (Å²) in [6.45, 7) is 2.16. The maximum Gasteiger partial charge on any atom is 0.232 e. The van der Waals surface area contributed by atoms with Gasteiger partial charge in [0.2, 0.25) is 10.0 Å². The van der Waals surface area contributed by atoms with Crippen molar-refractivity contribution >= 4 is 27.6 Å². The zero-order valence-corrected chi connectivity index (χ0v) is 19.4. The molecule has 0 radical (unpaired) electrons. The number of carbonyl (C=O) groups is 1. The number of allylic oxidation sites excluding steroid dienone is 1. The average molecular weight is 473 g/mol. The molecule has 1 N–H and O–H groups in total. The molecule has 172 valence electrons. The van der Waals surface area contributed by atoms with E-state index in [-0.39, 0.29) is 11.5 Å². The number of nitrogens with zero attached hydrogens (tertiary/aromatic N) is 3. The molecular formula is C26H24N4O3S. The predicted octanol–water partition coefficient (Wildman–Crippen LogP) is 4.65. The Morgan fingerprint density at radius 1 is 1.03 bits per heavy atom. The lowest BCUT2D eigenvalue weighted by atomic mass is 10.1. The molecule has 4 aromatic rings. The van der Waals surface area contributed by atoms with Crippen LogP contribution in [0.4, 0.5) is 5.69 Å². The maximum absolute atomic E-state index is 12.8. The molecule has 0 atom stereocenters. The van der Waals surface area contributed by atoms with E-state index < -0.39 is 10.0 Å². The van der Waals surface area contributed by atoms with Gasteiger partial charge in [-0.25, -0.2) is 8.42 Å². The molecule has 0 saturated heterocycles. The van der Waals surface area contributed by atoms with Crippen molar-refractivity contribution in [3.8, 4) is 11.3 Å². The van der Waals surface area contributed by atoms with Crippen LogP contribution in [0.3, 0.4) is 0 Å². The standard InChI is InChI=1S/C26H24N4O3S/c1-2-34(32,33)29-24-13-10-21(11-14-24)25(31)15-12-23-19-30(18-20-7-4-3-5-8-20)28-26(23)22-9-6-16-27-17-22/h3-17,19,29H,2,18H2,1H3. The topological polar surface area (TPSA) is 94.0 Å². The number of benzene rings is 2. The van der Waals surface area contributed by atoms with Crippen LogP contribution in [0.1, 0.15) is 28.4 Å². The SMILES string of the molecule is CCS(=O)(=O)Nc1ccc(C(=O)C=Cc2cn(Cc3ccccc3)nc2-c2cccnc2)cc1. The van der Waals surface area contributed by atoms with Crippen LogP contribution < -0.4 is 4.72 Å². The summed E-state index contributed by atoms with van der Waals surface area (Å²) in [5.41, 5.74) is 4.38. The number of sulfonamides is 1. The first-order chi connectivity index (χ1) is 16.4. The summed E-state index contributed by atoms with van der Waals surface area (Å²) in [6, 6.07) is 20.1. The van der Waals surface area contributed by atoms with Crippen LogP contribution in [0.2, 0.25) is 0 Å². The van der Waals surface area contributed by atoms with Gasteiger partial charge in [0.1, 0.15) is 5.69 Å². The minimum Gasteiger partial charge on any atom is -0.289 e. The number of pyridine rings is 1. The quantitative estimate of drug-likeness (QED) is 0.283. The summed E-state index contributed by atoms with van der Waals surface area (Å²) in [7, 11) is -3.37. The molecule has 0 amide bonds. The lowest BCUT2D eigenvalue weighted by Gasteiger charge is -2.06. The first-order valence-electron chi connectivity index (χ1n) is 10.8. The fourth-order valence-corrected chi connectivity index (χ4v) is 3.99. The summed E-state index contributed by atoms with van der Waals surface area (Å²) < 4.78 is 27.7. The van der Waals surface area contributed by atoms with E-state index in [0.717, 1.165) is 22.4 Å². The summed E-state index contributed by atoms with van der Waals surface area (Å²) in [4.78, 5) is 16.9. The van der Waals surface area contributed by atoms with Gasteiger partial charge in [-0.15, -0.1) is 0 Å². The van der Waals surface area contributed by atoms with Crippen molar-refractivity contribution in [3.05, 3.63) is 108 Å². The van der Waals surface area contributed by atoms with Gasteiger partial charge in [-0.2, -0.15) is 5.10 Å². The molecule has 34 heavy (non-hydrogen) atoms. The van der Waals surface area contributed by atoms with Gasteiger partial charge in [0.05, 0.1) is 12.3 Å². The van der Waals surface area contributed by atoms with Crippen molar-refractivity contribution < 1.29 is 13.2 Å². The highest BCUT2D eigenvalue weighted by molar-refractivity contribution is 7.92. The van der Waals surface area contributed by atoms with Crippen molar-refractivity contribution in [1.29, 1.82) is 0 Å². The van der Waals surface area contributed by atoms with Gasteiger partial charge in [-0.1, -0.05) is 30.3 Å². The minimum atomic E-state index is -3.37. The van der Waals surface area contributed by atoms with E-state index in [0.29, 0.717) is 17.8 Å². The third kappa shape index (κ3) is 5.85. The van der Waals surface area contributed by atoms with Crippen LogP contribution in [0.25, 0.3) is 17.3 Å². The predicted molar refractivity (Wildman–Crippen MR) is 134 cm³/mol. The smallest absolute Gasteiger partial charge is 0.232 e. The summed E-state index contributed by atoms with van der Waals surface area (Å²) in [5.74, 6) is -0.217. The van der Waals surface area contributed by atoms with Crippen LogP contribution in [0, 0.1) is 0 Å². The molecule has 0 spiro atoms. The Kier molecular flexibility index (Phi) is 6.98. The highest BCUT2D eigenvalue weighted by Gasteiger charge is 2.12. The summed E-state index contributed by atoms with van der Waals surface area (Å²) in [6.07, 6.45) is 8.59. The molecule has 0 aliphatic heterocycles. The molecule has 0 unspecified atom stereocenters. The third-order valence-corrected chi connectivity index (χ3v) is 6.46. The van der Waals surface area contributed by atoms with Crippen molar-refractivity contribution in [2.24, 2.45) is 0 Å². The third-order valence-electron chi connectivity index (χ3n) is 5.15. The summed E-state index contributed by atoms with van der Waals surface area (Å²) >= 11 is 0. The number of rotatable bonds is 9. The molecule has 7 nitrogen and oxygen atoms in total. The Hall–Kier alpha value is -4.04. The first-order valence-corrected chi connectivity index (χ1v) is 12.4. The van der Waals surface area contributed by atoms with Crippen LogP contribution in [0.15, 0.2) is 91.4 Å². The van der Waals surface area contributed by atoms with E-state index in [1.54, 1.807) is 49.7 Å². The first kappa shape index (κ1) is 23.1. The molecule has 0 bridgehead atoms. The molecular weight excluding hydrogens is 448 g/mol. The second kappa shape index (κ2) is 10.3. The number of ketones is 1. The monoisotopic (exact) mass is 472 g/mol. The Labute approximate surface area is 198 Å². The van der Waals surface area contributed by atoms with Gasteiger partial charge in [0.25, 0.3) is 0 Å². The normalized spacial score (nSPS) is 11.6. The van der Waals surface area contributed by atoms with Crippen LogP contribution in [-0.2, 0) is 16.6 Å². The van der Waals surface area contributed by atoms with Gasteiger partial charge in [-0.05, 0) is 61.0 Å². The maximum atomic E-state index is 12.8. The number of anilines is 1. The van der Waals surface area contributed by atoms with E-state index in [9.17, 15) is 13.2 Å². The van der Waals surface area contributed by atoms with Gasteiger partial charge >= 0.3 is 0 Å². The second-order valence-corrected chi connectivity index (χ2v) is 9.65. The van der Waals surface area contributed by atoms with Crippen LogP contribution >= 0.6 is 0 Å². The fourth-order valence-electron chi connectivity index (χ4n) is 3.35. The Balaban J connectivity index is 1.57.